The van der Waals surface area contributed by atoms with Gasteiger partial charge in [-0.1, -0.05) is 18.2 Å². The molecular formula is C14H13BrFNO. The van der Waals surface area contributed by atoms with Gasteiger partial charge >= 0.3 is 0 Å². The molecule has 4 heteroatoms. The van der Waals surface area contributed by atoms with Gasteiger partial charge in [-0.15, -0.1) is 0 Å². The van der Waals surface area contributed by atoms with E-state index in [9.17, 15) is 4.39 Å². The normalized spacial score (nSPS) is 10.2. The molecule has 0 bridgehead atoms. The molecule has 0 aliphatic heterocycles. The maximum atomic E-state index is 13.5. The lowest BCUT2D eigenvalue weighted by Gasteiger charge is -2.10. The fourth-order valence-corrected chi connectivity index (χ4v) is 1.99. The summed E-state index contributed by atoms with van der Waals surface area (Å²) >= 11 is 3.44. The first-order valence-corrected chi connectivity index (χ1v) is 6.31. The van der Waals surface area contributed by atoms with E-state index in [1.807, 2.05) is 24.3 Å². The van der Waals surface area contributed by atoms with Crippen LogP contribution in [0, 0.1) is 5.82 Å². The average molecular weight is 310 g/mol. The number of hydrogen-bond acceptors (Lipinski definition) is 2. The number of methoxy groups -OCH3 is 1. The van der Waals surface area contributed by atoms with Crippen molar-refractivity contribution in [3.63, 3.8) is 0 Å². The Morgan fingerprint density at radius 1 is 1.22 bits per heavy atom. The Balaban J connectivity index is 2.13. The second kappa shape index (κ2) is 5.87. The Kier molecular flexibility index (Phi) is 4.20. The molecule has 0 radical (unpaired) electrons. The van der Waals surface area contributed by atoms with Crippen LogP contribution in [0.5, 0.6) is 5.75 Å². The molecule has 2 rings (SSSR count). The quantitative estimate of drug-likeness (QED) is 0.913. The van der Waals surface area contributed by atoms with Crippen molar-refractivity contribution in [3.05, 3.63) is 58.3 Å². The van der Waals surface area contributed by atoms with Gasteiger partial charge in [0.1, 0.15) is 11.6 Å². The third-order valence-corrected chi connectivity index (χ3v) is 3.29. The second-order valence-corrected chi connectivity index (χ2v) is 4.65. The third-order valence-electron chi connectivity index (χ3n) is 2.60. The van der Waals surface area contributed by atoms with Gasteiger partial charge in [0.15, 0.2) is 0 Å². The summed E-state index contributed by atoms with van der Waals surface area (Å²) in [6.07, 6.45) is 0. The Labute approximate surface area is 114 Å². The lowest BCUT2D eigenvalue weighted by Crippen LogP contribution is -2.02. The van der Waals surface area contributed by atoms with Crippen LogP contribution >= 0.6 is 15.9 Å². The molecule has 2 aromatic carbocycles. The molecule has 0 fully saturated rings. The SMILES string of the molecule is COc1ccc(Br)c(NCc2ccccc2F)c1. The largest absolute Gasteiger partial charge is 0.497 e. The van der Waals surface area contributed by atoms with Gasteiger partial charge in [-0.05, 0) is 34.1 Å². The molecule has 0 unspecified atom stereocenters. The first kappa shape index (κ1) is 12.9. The topological polar surface area (TPSA) is 21.3 Å². The number of halogens is 2. The highest BCUT2D eigenvalue weighted by Gasteiger charge is 2.04. The Bertz CT molecular complexity index is 545. The van der Waals surface area contributed by atoms with Gasteiger partial charge < -0.3 is 10.1 Å². The monoisotopic (exact) mass is 309 g/mol. The lowest BCUT2D eigenvalue weighted by atomic mass is 10.2. The minimum Gasteiger partial charge on any atom is -0.497 e. The van der Waals surface area contributed by atoms with E-state index in [1.54, 1.807) is 19.2 Å². The van der Waals surface area contributed by atoms with Crippen LogP contribution in [0.1, 0.15) is 5.56 Å². The smallest absolute Gasteiger partial charge is 0.128 e. The summed E-state index contributed by atoms with van der Waals surface area (Å²) in [6, 6.07) is 12.3. The van der Waals surface area contributed by atoms with Crippen LogP contribution < -0.4 is 10.1 Å². The number of ether oxygens (including phenoxy) is 1. The van der Waals surface area contributed by atoms with Gasteiger partial charge in [-0.2, -0.15) is 0 Å². The summed E-state index contributed by atoms with van der Waals surface area (Å²) in [5.74, 6) is 0.554. The number of hydrogen-bond donors (Lipinski definition) is 1. The Hall–Kier alpha value is -1.55. The van der Waals surface area contributed by atoms with Gasteiger partial charge in [-0.3, -0.25) is 0 Å². The van der Waals surface area contributed by atoms with E-state index < -0.39 is 0 Å². The Morgan fingerprint density at radius 2 is 2.00 bits per heavy atom. The summed E-state index contributed by atoms with van der Waals surface area (Å²) < 4.78 is 19.5. The zero-order chi connectivity index (χ0) is 13.0. The molecule has 0 aliphatic rings. The van der Waals surface area contributed by atoms with Crippen LogP contribution in [0.4, 0.5) is 10.1 Å². The number of anilines is 1. The van der Waals surface area contributed by atoms with E-state index in [0.717, 1.165) is 15.9 Å². The molecule has 0 amide bonds. The molecule has 1 N–H and O–H groups in total. The predicted molar refractivity (Wildman–Crippen MR) is 74.4 cm³/mol. The average Bonchev–Trinajstić information content (AvgIpc) is 2.39. The standard InChI is InChI=1S/C14H13BrFNO/c1-18-11-6-7-12(15)14(8-11)17-9-10-4-2-3-5-13(10)16/h2-8,17H,9H2,1H3. The molecule has 0 saturated heterocycles. The summed E-state index contributed by atoms with van der Waals surface area (Å²) in [4.78, 5) is 0. The molecule has 2 aromatic rings. The van der Waals surface area contributed by atoms with Crippen LogP contribution in [0.15, 0.2) is 46.9 Å². The van der Waals surface area contributed by atoms with E-state index in [0.29, 0.717) is 12.1 Å². The summed E-state index contributed by atoms with van der Waals surface area (Å²) in [6.45, 7) is 0.429. The zero-order valence-corrected chi connectivity index (χ0v) is 11.5. The van der Waals surface area contributed by atoms with Gasteiger partial charge in [-0.25, -0.2) is 4.39 Å². The van der Waals surface area contributed by atoms with Crippen molar-refractivity contribution < 1.29 is 9.13 Å². The maximum Gasteiger partial charge on any atom is 0.128 e. The molecule has 0 saturated carbocycles. The maximum absolute atomic E-state index is 13.5. The van der Waals surface area contributed by atoms with Crippen molar-refractivity contribution >= 4 is 21.6 Å². The van der Waals surface area contributed by atoms with Crippen molar-refractivity contribution in [2.75, 3.05) is 12.4 Å². The Morgan fingerprint density at radius 3 is 2.72 bits per heavy atom. The zero-order valence-electron chi connectivity index (χ0n) is 9.91. The first-order valence-electron chi connectivity index (χ1n) is 5.51. The molecule has 0 aromatic heterocycles. The van der Waals surface area contributed by atoms with Crippen molar-refractivity contribution in [2.45, 2.75) is 6.54 Å². The van der Waals surface area contributed by atoms with Gasteiger partial charge in [0.05, 0.1) is 12.8 Å². The predicted octanol–water partition coefficient (Wildman–Crippen LogP) is 4.21. The molecule has 18 heavy (non-hydrogen) atoms. The van der Waals surface area contributed by atoms with E-state index in [1.165, 1.54) is 6.07 Å². The third kappa shape index (κ3) is 3.01. The molecule has 0 spiro atoms. The number of nitrogens with one attached hydrogen (secondary N) is 1. The second-order valence-electron chi connectivity index (χ2n) is 3.79. The van der Waals surface area contributed by atoms with Crippen LogP contribution in [0.3, 0.4) is 0 Å². The highest BCUT2D eigenvalue weighted by molar-refractivity contribution is 9.10. The minimum atomic E-state index is -0.205. The van der Waals surface area contributed by atoms with Crippen LogP contribution in [-0.4, -0.2) is 7.11 Å². The van der Waals surface area contributed by atoms with E-state index in [2.05, 4.69) is 21.2 Å². The van der Waals surface area contributed by atoms with E-state index in [4.69, 9.17) is 4.74 Å². The van der Waals surface area contributed by atoms with Crippen molar-refractivity contribution in [1.82, 2.24) is 0 Å². The molecular weight excluding hydrogens is 297 g/mol. The lowest BCUT2D eigenvalue weighted by molar-refractivity contribution is 0.415. The fourth-order valence-electron chi connectivity index (χ4n) is 1.60. The molecule has 0 aliphatic carbocycles. The number of benzene rings is 2. The summed E-state index contributed by atoms with van der Waals surface area (Å²) in [5, 5.41) is 3.18. The molecule has 0 atom stereocenters. The van der Waals surface area contributed by atoms with Gasteiger partial charge in [0, 0.05) is 22.6 Å². The van der Waals surface area contributed by atoms with E-state index >= 15 is 0 Å². The molecule has 94 valence electrons. The van der Waals surface area contributed by atoms with Crippen molar-refractivity contribution in [3.8, 4) is 5.75 Å². The van der Waals surface area contributed by atoms with Crippen LogP contribution in [-0.2, 0) is 6.54 Å². The van der Waals surface area contributed by atoms with E-state index in [-0.39, 0.29) is 5.82 Å². The van der Waals surface area contributed by atoms with Crippen molar-refractivity contribution in [2.24, 2.45) is 0 Å². The van der Waals surface area contributed by atoms with Crippen molar-refractivity contribution in [1.29, 1.82) is 0 Å². The summed E-state index contributed by atoms with van der Waals surface area (Å²) in [5.41, 5.74) is 1.50. The van der Waals surface area contributed by atoms with Gasteiger partial charge in [0.2, 0.25) is 0 Å². The fraction of sp³-hybridized carbons (Fsp3) is 0.143. The first-order chi connectivity index (χ1) is 8.70. The highest BCUT2D eigenvalue weighted by atomic mass is 79.9. The molecule has 0 heterocycles. The van der Waals surface area contributed by atoms with Gasteiger partial charge in [0.25, 0.3) is 0 Å². The minimum absolute atomic E-state index is 0.205. The molecule has 2 nitrogen and oxygen atoms in total. The van der Waals surface area contributed by atoms with Crippen LogP contribution in [0.2, 0.25) is 0 Å². The number of rotatable bonds is 4. The summed E-state index contributed by atoms with van der Waals surface area (Å²) in [7, 11) is 1.61. The highest BCUT2D eigenvalue weighted by Crippen LogP contribution is 2.27. The van der Waals surface area contributed by atoms with Crippen LogP contribution in [0.25, 0.3) is 0 Å².